The lowest BCUT2D eigenvalue weighted by Crippen LogP contribution is -2.35. The summed E-state index contributed by atoms with van der Waals surface area (Å²) in [5, 5.41) is 5.64. The minimum Gasteiger partial charge on any atom is -0.444 e. The number of halogens is 1. The molecule has 2 aromatic rings. The number of imidazole rings is 1. The van der Waals surface area contributed by atoms with E-state index in [1.54, 1.807) is 44.1 Å². The van der Waals surface area contributed by atoms with Crippen molar-refractivity contribution in [2.24, 2.45) is 0 Å². The summed E-state index contributed by atoms with van der Waals surface area (Å²) in [6.45, 7) is 6.15. The van der Waals surface area contributed by atoms with Gasteiger partial charge in [-0.25, -0.2) is 9.78 Å². The Kier molecular flexibility index (Phi) is 5.32. The molecule has 0 radical (unpaired) electrons. The maximum atomic E-state index is 11.5. The lowest BCUT2D eigenvalue weighted by molar-refractivity contribution is 0.0530. The van der Waals surface area contributed by atoms with Crippen molar-refractivity contribution in [1.82, 2.24) is 29.8 Å². The summed E-state index contributed by atoms with van der Waals surface area (Å²) in [7, 11) is 0. The zero-order chi connectivity index (χ0) is 16.9. The van der Waals surface area contributed by atoms with Crippen molar-refractivity contribution in [2.75, 3.05) is 18.4 Å². The van der Waals surface area contributed by atoms with Crippen LogP contribution in [0.4, 0.5) is 10.7 Å². The van der Waals surface area contributed by atoms with Crippen LogP contribution in [-0.2, 0) is 4.74 Å². The first kappa shape index (κ1) is 16.9. The monoisotopic (exact) mass is 339 g/mol. The maximum Gasteiger partial charge on any atom is 0.407 e. The van der Waals surface area contributed by atoms with Crippen molar-refractivity contribution in [3.63, 3.8) is 0 Å². The van der Waals surface area contributed by atoms with Gasteiger partial charge in [0.2, 0.25) is 17.2 Å². The molecule has 0 aromatic carbocycles. The number of anilines is 1. The fourth-order valence-electron chi connectivity index (χ4n) is 1.56. The van der Waals surface area contributed by atoms with Crippen LogP contribution in [-0.4, -0.2) is 49.3 Å². The summed E-state index contributed by atoms with van der Waals surface area (Å²) in [4.78, 5) is 27.6. The van der Waals surface area contributed by atoms with E-state index in [-0.39, 0.29) is 5.28 Å². The summed E-state index contributed by atoms with van der Waals surface area (Å²) in [6, 6.07) is 0. The number of nitrogens with one attached hydrogen (secondary N) is 2. The van der Waals surface area contributed by atoms with Crippen LogP contribution in [0.3, 0.4) is 0 Å². The highest BCUT2D eigenvalue weighted by Gasteiger charge is 2.15. The summed E-state index contributed by atoms with van der Waals surface area (Å²) in [6.07, 6.45) is 4.38. The van der Waals surface area contributed by atoms with Crippen molar-refractivity contribution >= 4 is 23.6 Å². The molecule has 2 heterocycles. The number of hydrogen-bond donors (Lipinski definition) is 2. The van der Waals surface area contributed by atoms with Gasteiger partial charge in [-0.1, -0.05) is 0 Å². The van der Waals surface area contributed by atoms with Crippen LogP contribution in [0.5, 0.6) is 0 Å². The lowest BCUT2D eigenvalue weighted by Gasteiger charge is -2.19. The van der Waals surface area contributed by atoms with Gasteiger partial charge in [-0.05, 0) is 32.4 Å². The first-order chi connectivity index (χ1) is 10.8. The van der Waals surface area contributed by atoms with Gasteiger partial charge in [0.15, 0.2) is 0 Å². The number of ether oxygens (including phenoxy) is 1. The van der Waals surface area contributed by atoms with Crippen LogP contribution in [0, 0.1) is 0 Å². The molecule has 0 aliphatic heterocycles. The smallest absolute Gasteiger partial charge is 0.407 e. The number of alkyl carbamates (subject to hydrolysis) is 1. The zero-order valence-corrected chi connectivity index (χ0v) is 13.8. The molecule has 0 atom stereocenters. The van der Waals surface area contributed by atoms with E-state index >= 15 is 0 Å². The topological polar surface area (TPSA) is 107 Å². The van der Waals surface area contributed by atoms with Crippen LogP contribution in [0.25, 0.3) is 5.95 Å². The predicted molar refractivity (Wildman–Crippen MR) is 84.7 cm³/mol. The van der Waals surface area contributed by atoms with Gasteiger partial charge in [0.25, 0.3) is 0 Å². The van der Waals surface area contributed by atoms with E-state index in [1.165, 1.54) is 0 Å². The molecule has 0 saturated heterocycles. The van der Waals surface area contributed by atoms with Gasteiger partial charge in [-0.3, -0.25) is 4.57 Å². The minimum atomic E-state index is -0.529. The van der Waals surface area contributed by atoms with Gasteiger partial charge < -0.3 is 15.4 Å². The Hall–Kier alpha value is -2.42. The Labute approximate surface area is 138 Å². The van der Waals surface area contributed by atoms with E-state index in [0.717, 1.165) is 0 Å². The molecular weight excluding hydrogens is 322 g/mol. The fraction of sp³-hybridized carbons (Fsp3) is 0.462. The summed E-state index contributed by atoms with van der Waals surface area (Å²) >= 11 is 5.88. The van der Waals surface area contributed by atoms with Crippen LogP contribution in [0.1, 0.15) is 20.8 Å². The zero-order valence-electron chi connectivity index (χ0n) is 13.1. The predicted octanol–water partition coefficient (Wildman–Crippen LogP) is 1.65. The van der Waals surface area contributed by atoms with Crippen LogP contribution in [0.2, 0.25) is 5.28 Å². The molecule has 1 amide bonds. The van der Waals surface area contributed by atoms with Gasteiger partial charge in [0.1, 0.15) is 11.9 Å². The van der Waals surface area contributed by atoms with Gasteiger partial charge in [-0.15, -0.1) is 0 Å². The van der Waals surface area contributed by atoms with Gasteiger partial charge in [0.05, 0.1) is 0 Å². The molecule has 0 bridgehead atoms. The standard InChI is InChI=1S/C13H18ClN7O2/c1-13(2,3)23-12(22)17-5-4-16-10-18-9(14)19-11(20-10)21-7-6-15-8-21/h6-8H,4-5H2,1-3H3,(H,17,22)(H,16,18,19,20). The molecule has 0 spiro atoms. The molecule has 0 fully saturated rings. The molecule has 10 heteroatoms. The van der Waals surface area contributed by atoms with Gasteiger partial charge in [-0.2, -0.15) is 15.0 Å². The van der Waals surface area contributed by atoms with Crippen molar-refractivity contribution in [2.45, 2.75) is 26.4 Å². The van der Waals surface area contributed by atoms with Crippen molar-refractivity contribution in [3.05, 3.63) is 24.0 Å². The van der Waals surface area contributed by atoms with Crippen LogP contribution in [0.15, 0.2) is 18.7 Å². The number of rotatable bonds is 5. The third-order valence-electron chi connectivity index (χ3n) is 2.41. The molecule has 2 rings (SSSR count). The molecule has 0 aliphatic carbocycles. The third-order valence-corrected chi connectivity index (χ3v) is 2.58. The fourth-order valence-corrected chi connectivity index (χ4v) is 1.72. The molecule has 0 saturated carbocycles. The largest absolute Gasteiger partial charge is 0.444 e. The van der Waals surface area contributed by atoms with Crippen molar-refractivity contribution < 1.29 is 9.53 Å². The summed E-state index contributed by atoms with van der Waals surface area (Å²) in [5.41, 5.74) is -0.529. The van der Waals surface area contributed by atoms with Gasteiger partial charge >= 0.3 is 6.09 Å². The second-order valence-corrected chi connectivity index (χ2v) is 5.89. The van der Waals surface area contributed by atoms with Crippen molar-refractivity contribution in [3.8, 4) is 5.95 Å². The van der Waals surface area contributed by atoms with Gasteiger partial charge in [0, 0.05) is 25.5 Å². The minimum absolute atomic E-state index is 0.0614. The second-order valence-electron chi connectivity index (χ2n) is 5.55. The number of carbonyl (C=O) groups excluding carboxylic acids is 1. The average Bonchev–Trinajstić information content (AvgIpc) is 2.95. The molecule has 2 N–H and O–H groups in total. The Bertz CT molecular complexity index is 655. The van der Waals surface area contributed by atoms with Crippen molar-refractivity contribution in [1.29, 1.82) is 0 Å². The lowest BCUT2D eigenvalue weighted by atomic mass is 10.2. The van der Waals surface area contributed by atoms with Crippen LogP contribution >= 0.6 is 11.6 Å². The normalized spacial score (nSPS) is 11.1. The molecule has 124 valence electrons. The quantitative estimate of drug-likeness (QED) is 0.797. The molecule has 0 aliphatic rings. The average molecular weight is 340 g/mol. The van der Waals surface area contributed by atoms with E-state index in [0.29, 0.717) is 25.0 Å². The Morgan fingerprint density at radius 2 is 2.09 bits per heavy atom. The Balaban J connectivity index is 1.86. The Morgan fingerprint density at radius 1 is 1.30 bits per heavy atom. The first-order valence-corrected chi connectivity index (χ1v) is 7.32. The molecular formula is C13H18ClN7O2. The molecule has 0 unspecified atom stereocenters. The van der Waals surface area contributed by atoms with E-state index < -0.39 is 11.7 Å². The number of nitrogens with zero attached hydrogens (tertiary/aromatic N) is 5. The SMILES string of the molecule is CC(C)(C)OC(=O)NCCNc1nc(Cl)nc(-n2ccnc2)n1. The van der Waals surface area contributed by atoms with E-state index in [9.17, 15) is 4.79 Å². The molecule has 23 heavy (non-hydrogen) atoms. The van der Waals surface area contributed by atoms with E-state index in [1.807, 2.05) is 0 Å². The number of hydrogen-bond acceptors (Lipinski definition) is 7. The Morgan fingerprint density at radius 3 is 2.74 bits per heavy atom. The summed E-state index contributed by atoms with van der Waals surface area (Å²) < 4.78 is 6.74. The molecule has 2 aromatic heterocycles. The van der Waals surface area contributed by atoms with E-state index in [2.05, 4.69) is 30.6 Å². The highest BCUT2D eigenvalue weighted by molar-refractivity contribution is 6.28. The third kappa shape index (κ3) is 5.70. The van der Waals surface area contributed by atoms with Crippen LogP contribution < -0.4 is 10.6 Å². The highest BCUT2D eigenvalue weighted by atomic mass is 35.5. The first-order valence-electron chi connectivity index (χ1n) is 6.94. The number of carbonyl (C=O) groups is 1. The van der Waals surface area contributed by atoms with E-state index in [4.69, 9.17) is 16.3 Å². The molecule has 9 nitrogen and oxygen atoms in total. The summed E-state index contributed by atoms with van der Waals surface area (Å²) in [5.74, 6) is 0.657. The highest BCUT2D eigenvalue weighted by Crippen LogP contribution is 2.09. The second kappa shape index (κ2) is 7.23. The number of amides is 1. The maximum absolute atomic E-state index is 11.5. The number of aromatic nitrogens is 5.